The number of rotatable bonds is 5. The lowest BCUT2D eigenvalue weighted by molar-refractivity contribution is 0.102. The molecule has 1 amide bonds. The summed E-state index contributed by atoms with van der Waals surface area (Å²) in [6.07, 6.45) is 1.68. The van der Waals surface area contributed by atoms with Gasteiger partial charge in [-0.2, -0.15) is 0 Å². The van der Waals surface area contributed by atoms with Crippen molar-refractivity contribution in [3.63, 3.8) is 0 Å². The number of anilines is 2. The molecule has 2 heterocycles. The number of carbonyl (C=O) groups is 1. The van der Waals surface area contributed by atoms with Crippen LogP contribution in [-0.2, 0) is 4.74 Å². The molecule has 0 unspecified atom stereocenters. The van der Waals surface area contributed by atoms with Crippen LogP contribution in [0, 0.1) is 0 Å². The van der Waals surface area contributed by atoms with Gasteiger partial charge in [-0.15, -0.1) is 5.10 Å². The molecular formula is C21H23N5O2. The Bertz CT molecular complexity index is 935. The molecule has 1 aliphatic heterocycles. The molecule has 0 radical (unpaired) electrons. The molecule has 7 heteroatoms. The lowest BCUT2D eigenvalue weighted by Crippen LogP contribution is -2.36. The Morgan fingerprint density at radius 2 is 1.79 bits per heavy atom. The number of aromatic nitrogens is 3. The smallest absolute Gasteiger partial charge is 0.277 e. The maximum atomic E-state index is 12.8. The van der Waals surface area contributed by atoms with Crippen molar-refractivity contribution in [2.75, 3.05) is 36.5 Å². The maximum absolute atomic E-state index is 12.8. The molecule has 2 aromatic carbocycles. The standard InChI is InChI=1S/C21H23N5O2/c1-16(17-7-3-2-4-8-17)26-15-19(23-24-26)21(27)22-18-9-5-6-10-20(18)25-11-13-28-14-12-25/h2-10,15-16H,11-14H2,1H3,(H,22,27)/t16-/m1/s1. The number of para-hydroxylation sites is 2. The highest BCUT2D eigenvalue weighted by Crippen LogP contribution is 2.26. The molecule has 1 atom stereocenters. The summed E-state index contributed by atoms with van der Waals surface area (Å²) in [5, 5.41) is 11.2. The van der Waals surface area contributed by atoms with E-state index in [1.807, 2.05) is 61.5 Å². The van der Waals surface area contributed by atoms with Gasteiger partial charge < -0.3 is 15.0 Å². The van der Waals surface area contributed by atoms with Crippen LogP contribution in [0.2, 0.25) is 0 Å². The minimum atomic E-state index is -0.271. The Labute approximate surface area is 163 Å². The van der Waals surface area contributed by atoms with Crippen LogP contribution in [0.1, 0.15) is 29.0 Å². The Hall–Kier alpha value is -3.19. The summed E-state index contributed by atoms with van der Waals surface area (Å²) < 4.78 is 7.13. The predicted molar refractivity (Wildman–Crippen MR) is 108 cm³/mol. The summed E-state index contributed by atoms with van der Waals surface area (Å²) in [6.45, 7) is 5.01. The Morgan fingerprint density at radius 3 is 2.57 bits per heavy atom. The summed E-state index contributed by atoms with van der Waals surface area (Å²) in [7, 11) is 0. The first-order valence-corrected chi connectivity index (χ1v) is 9.42. The van der Waals surface area contributed by atoms with Crippen molar-refractivity contribution < 1.29 is 9.53 Å². The third-order valence-corrected chi connectivity index (χ3v) is 4.93. The molecule has 0 bridgehead atoms. The zero-order valence-electron chi connectivity index (χ0n) is 15.8. The third kappa shape index (κ3) is 3.89. The highest BCUT2D eigenvalue weighted by molar-refractivity contribution is 6.04. The molecule has 28 heavy (non-hydrogen) atoms. The van der Waals surface area contributed by atoms with Crippen molar-refractivity contribution in [3.8, 4) is 0 Å². The van der Waals surface area contributed by atoms with E-state index in [0.717, 1.165) is 30.0 Å². The molecule has 1 aliphatic rings. The van der Waals surface area contributed by atoms with Crippen LogP contribution in [0.15, 0.2) is 60.8 Å². The molecule has 1 saturated heterocycles. The van der Waals surface area contributed by atoms with E-state index in [-0.39, 0.29) is 11.9 Å². The number of hydrogen-bond donors (Lipinski definition) is 1. The largest absolute Gasteiger partial charge is 0.378 e. The predicted octanol–water partition coefficient (Wildman–Crippen LogP) is 2.98. The van der Waals surface area contributed by atoms with Crippen LogP contribution in [0.5, 0.6) is 0 Å². The van der Waals surface area contributed by atoms with Gasteiger partial charge in [-0.25, -0.2) is 4.68 Å². The Balaban J connectivity index is 1.50. The summed E-state index contributed by atoms with van der Waals surface area (Å²) in [4.78, 5) is 15.0. The van der Waals surface area contributed by atoms with Gasteiger partial charge in [0.25, 0.3) is 5.91 Å². The minimum absolute atomic E-state index is 0.00381. The topological polar surface area (TPSA) is 72.3 Å². The first-order valence-electron chi connectivity index (χ1n) is 9.42. The van der Waals surface area contributed by atoms with Gasteiger partial charge in [0.05, 0.1) is 36.8 Å². The van der Waals surface area contributed by atoms with Crippen molar-refractivity contribution in [3.05, 3.63) is 72.1 Å². The highest BCUT2D eigenvalue weighted by Gasteiger charge is 2.19. The Morgan fingerprint density at radius 1 is 1.07 bits per heavy atom. The maximum Gasteiger partial charge on any atom is 0.277 e. The van der Waals surface area contributed by atoms with Gasteiger partial charge in [-0.05, 0) is 24.6 Å². The van der Waals surface area contributed by atoms with E-state index in [0.29, 0.717) is 18.9 Å². The van der Waals surface area contributed by atoms with Gasteiger partial charge in [0.2, 0.25) is 0 Å². The number of hydrogen-bond acceptors (Lipinski definition) is 5. The minimum Gasteiger partial charge on any atom is -0.378 e. The lowest BCUT2D eigenvalue weighted by Gasteiger charge is -2.30. The van der Waals surface area contributed by atoms with Gasteiger partial charge in [-0.1, -0.05) is 47.7 Å². The number of amides is 1. The number of carbonyl (C=O) groups excluding carboxylic acids is 1. The normalized spacial score (nSPS) is 15.2. The van der Waals surface area contributed by atoms with Crippen LogP contribution >= 0.6 is 0 Å². The van der Waals surface area contributed by atoms with Crippen molar-refractivity contribution in [2.24, 2.45) is 0 Å². The second-order valence-corrected chi connectivity index (χ2v) is 6.74. The van der Waals surface area contributed by atoms with E-state index in [2.05, 4.69) is 20.5 Å². The average molecular weight is 377 g/mol. The second kappa shape index (κ2) is 8.22. The van der Waals surface area contributed by atoms with E-state index >= 15 is 0 Å². The van der Waals surface area contributed by atoms with Crippen LogP contribution in [0.3, 0.4) is 0 Å². The number of ether oxygens (including phenoxy) is 1. The summed E-state index contributed by atoms with van der Waals surface area (Å²) >= 11 is 0. The van der Waals surface area contributed by atoms with Gasteiger partial charge in [-0.3, -0.25) is 4.79 Å². The van der Waals surface area contributed by atoms with E-state index in [4.69, 9.17) is 4.74 Å². The molecule has 3 aromatic rings. The van der Waals surface area contributed by atoms with Crippen LogP contribution < -0.4 is 10.2 Å². The summed E-state index contributed by atoms with van der Waals surface area (Å²) in [6, 6.07) is 17.8. The van der Waals surface area contributed by atoms with Crippen molar-refractivity contribution in [1.82, 2.24) is 15.0 Å². The third-order valence-electron chi connectivity index (χ3n) is 4.93. The fourth-order valence-electron chi connectivity index (χ4n) is 3.30. The zero-order valence-corrected chi connectivity index (χ0v) is 15.8. The van der Waals surface area contributed by atoms with Gasteiger partial charge in [0.15, 0.2) is 5.69 Å². The molecule has 0 spiro atoms. The molecule has 0 saturated carbocycles. The van der Waals surface area contributed by atoms with Crippen LogP contribution in [0.4, 0.5) is 11.4 Å². The average Bonchev–Trinajstić information content (AvgIpc) is 3.25. The van der Waals surface area contributed by atoms with E-state index in [1.54, 1.807) is 10.9 Å². The number of benzene rings is 2. The van der Waals surface area contributed by atoms with Crippen molar-refractivity contribution in [1.29, 1.82) is 0 Å². The highest BCUT2D eigenvalue weighted by atomic mass is 16.5. The van der Waals surface area contributed by atoms with Crippen LogP contribution in [0.25, 0.3) is 0 Å². The van der Waals surface area contributed by atoms with E-state index in [1.165, 1.54) is 0 Å². The van der Waals surface area contributed by atoms with Gasteiger partial charge >= 0.3 is 0 Å². The van der Waals surface area contributed by atoms with E-state index < -0.39 is 0 Å². The molecule has 4 rings (SSSR count). The van der Waals surface area contributed by atoms with E-state index in [9.17, 15) is 4.79 Å². The Kier molecular flexibility index (Phi) is 5.34. The molecule has 0 aliphatic carbocycles. The van der Waals surface area contributed by atoms with Crippen molar-refractivity contribution >= 4 is 17.3 Å². The molecule has 7 nitrogen and oxygen atoms in total. The number of morpholine rings is 1. The van der Waals surface area contributed by atoms with Gasteiger partial charge in [0, 0.05) is 13.1 Å². The SMILES string of the molecule is C[C@H](c1ccccc1)n1cc(C(=O)Nc2ccccc2N2CCOCC2)nn1. The quantitative estimate of drug-likeness (QED) is 0.740. The zero-order chi connectivity index (χ0) is 19.3. The summed E-state index contributed by atoms with van der Waals surface area (Å²) in [5.41, 5.74) is 3.15. The van der Waals surface area contributed by atoms with Crippen LogP contribution in [-0.4, -0.2) is 47.2 Å². The molecular weight excluding hydrogens is 354 g/mol. The first-order chi connectivity index (χ1) is 13.7. The fraction of sp³-hybridized carbons (Fsp3) is 0.286. The van der Waals surface area contributed by atoms with Crippen molar-refractivity contribution in [2.45, 2.75) is 13.0 Å². The summed E-state index contributed by atoms with van der Waals surface area (Å²) in [5.74, 6) is -0.271. The molecule has 1 N–H and O–H groups in total. The second-order valence-electron chi connectivity index (χ2n) is 6.74. The lowest BCUT2D eigenvalue weighted by atomic mass is 10.1. The fourth-order valence-corrected chi connectivity index (χ4v) is 3.30. The monoisotopic (exact) mass is 377 g/mol. The molecule has 1 fully saturated rings. The van der Waals surface area contributed by atoms with Gasteiger partial charge in [0.1, 0.15) is 0 Å². The first kappa shape index (κ1) is 18.2. The number of nitrogens with one attached hydrogen (secondary N) is 1. The molecule has 144 valence electrons. The molecule has 1 aromatic heterocycles. The number of nitrogens with zero attached hydrogens (tertiary/aromatic N) is 4.